The molecule has 0 radical (unpaired) electrons. The van der Waals surface area contributed by atoms with Crippen LogP contribution in [-0.2, 0) is 6.42 Å². The number of unbranched alkanes of at least 4 members (excludes halogenated alkanes) is 1. The monoisotopic (exact) mass is 239 g/mol. The molecule has 1 unspecified atom stereocenters. The predicted molar refractivity (Wildman–Crippen MR) is 67.0 cm³/mol. The second-order valence-electron chi connectivity index (χ2n) is 4.19. The van der Waals surface area contributed by atoms with Gasteiger partial charge < -0.3 is 5.32 Å². The van der Waals surface area contributed by atoms with Crippen molar-refractivity contribution in [3.63, 3.8) is 0 Å². The van der Waals surface area contributed by atoms with Crippen LogP contribution in [0, 0.1) is 11.6 Å². The van der Waals surface area contributed by atoms with Crippen LogP contribution in [0.5, 0.6) is 0 Å². The molecule has 0 fully saturated rings. The maximum absolute atomic E-state index is 13.0. The number of halogens is 2. The summed E-state index contributed by atoms with van der Waals surface area (Å²) in [7, 11) is 1.87. The van der Waals surface area contributed by atoms with Crippen molar-refractivity contribution in [1.82, 2.24) is 5.32 Å². The molecule has 0 aliphatic heterocycles. The predicted octanol–water partition coefficient (Wildman–Crippen LogP) is 3.45. The highest BCUT2D eigenvalue weighted by molar-refractivity contribution is 5.18. The summed E-state index contributed by atoms with van der Waals surface area (Å²) < 4.78 is 26.0. The Bertz CT molecular complexity index is 343. The van der Waals surface area contributed by atoms with Crippen molar-refractivity contribution in [2.45, 2.75) is 31.7 Å². The van der Waals surface area contributed by atoms with Gasteiger partial charge in [-0.1, -0.05) is 6.08 Å². The van der Waals surface area contributed by atoms with Crippen LogP contribution in [0.1, 0.15) is 24.8 Å². The molecule has 1 N–H and O–H groups in total. The van der Waals surface area contributed by atoms with Gasteiger partial charge in [0.25, 0.3) is 0 Å². The van der Waals surface area contributed by atoms with Gasteiger partial charge in [0.2, 0.25) is 0 Å². The lowest BCUT2D eigenvalue weighted by Gasteiger charge is -2.15. The van der Waals surface area contributed by atoms with Gasteiger partial charge in [0.15, 0.2) is 0 Å². The van der Waals surface area contributed by atoms with Crippen LogP contribution in [0.25, 0.3) is 0 Å². The van der Waals surface area contributed by atoms with E-state index in [0.717, 1.165) is 25.3 Å². The molecule has 0 aliphatic carbocycles. The van der Waals surface area contributed by atoms with Crippen LogP contribution in [0.4, 0.5) is 8.78 Å². The van der Waals surface area contributed by atoms with E-state index >= 15 is 0 Å². The summed E-state index contributed by atoms with van der Waals surface area (Å²) >= 11 is 0. The summed E-state index contributed by atoms with van der Waals surface area (Å²) in [6.45, 7) is 3.67. The number of hydrogen-bond donors (Lipinski definition) is 1. The first kappa shape index (κ1) is 13.8. The second-order valence-corrected chi connectivity index (χ2v) is 4.19. The average Bonchev–Trinajstić information content (AvgIpc) is 2.26. The van der Waals surface area contributed by atoms with Crippen molar-refractivity contribution in [3.05, 3.63) is 48.1 Å². The number of rotatable bonds is 7. The molecule has 17 heavy (non-hydrogen) atoms. The molecule has 1 aromatic rings. The quantitative estimate of drug-likeness (QED) is 0.567. The van der Waals surface area contributed by atoms with Crippen LogP contribution < -0.4 is 5.32 Å². The third-order valence-electron chi connectivity index (χ3n) is 2.77. The maximum atomic E-state index is 13.0. The van der Waals surface area contributed by atoms with Gasteiger partial charge in [-0.3, -0.25) is 0 Å². The summed E-state index contributed by atoms with van der Waals surface area (Å²) in [5.41, 5.74) is 0.695. The van der Waals surface area contributed by atoms with Gasteiger partial charge in [0.1, 0.15) is 11.6 Å². The Morgan fingerprint density at radius 3 is 2.47 bits per heavy atom. The van der Waals surface area contributed by atoms with E-state index in [9.17, 15) is 8.78 Å². The summed E-state index contributed by atoms with van der Waals surface area (Å²) in [5, 5.41) is 3.17. The van der Waals surface area contributed by atoms with Crippen molar-refractivity contribution in [2.75, 3.05) is 7.05 Å². The number of benzene rings is 1. The molecule has 94 valence electrons. The van der Waals surface area contributed by atoms with Crippen LogP contribution in [-0.4, -0.2) is 13.1 Å². The molecule has 3 heteroatoms. The normalized spacial score (nSPS) is 12.4. The van der Waals surface area contributed by atoms with E-state index in [0.29, 0.717) is 12.0 Å². The van der Waals surface area contributed by atoms with Crippen LogP contribution in [0.2, 0.25) is 0 Å². The van der Waals surface area contributed by atoms with E-state index in [1.165, 1.54) is 12.1 Å². The van der Waals surface area contributed by atoms with E-state index in [-0.39, 0.29) is 6.04 Å². The van der Waals surface area contributed by atoms with Gasteiger partial charge in [0, 0.05) is 12.1 Å². The lowest BCUT2D eigenvalue weighted by molar-refractivity contribution is 0.500. The first-order valence-corrected chi connectivity index (χ1v) is 5.89. The van der Waals surface area contributed by atoms with E-state index in [1.54, 1.807) is 0 Å². The molecule has 1 aromatic carbocycles. The minimum absolute atomic E-state index is 0.246. The molecule has 0 spiro atoms. The van der Waals surface area contributed by atoms with E-state index < -0.39 is 11.6 Å². The molecular weight excluding hydrogens is 220 g/mol. The Morgan fingerprint density at radius 1 is 1.29 bits per heavy atom. The topological polar surface area (TPSA) is 12.0 Å². The van der Waals surface area contributed by atoms with Gasteiger partial charge in [0.05, 0.1) is 0 Å². The fourth-order valence-electron chi connectivity index (χ4n) is 1.87. The lowest BCUT2D eigenvalue weighted by Crippen LogP contribution is -2.27. The summed E-state index contributed by atoms with van der Waals surface area (Å²) in [6.07, 6.45) is 5.50. The zero-order valence-electron chi connectivity index (χ0n) is 10.2. The van der Waals surface area contributed by atoms with E-state index in [1.807, 2.05) is 13.1 Å². The molecule has 0 amide bonds. The van der Waals surface area contributed by atoms with Gasteiger partial charge in [-0.2, -0.15) is 0 Å². The Balaban J connectivity index is 2.57. The number of nitrogens with one attached hydrogen (secondary N) is 1. The van der Waals surface area contributed by atoms with Crippen LogP contribution in [0.15, 0.2) is 30.9 Å². The largest absolute Gasteiger partial charge is 0.317 e. The van der Waals surface area contributed by atoms with Crippen LogP contribution >= 0.6 is 0 Å². The molecule has 0 saturated carbocycles. The minimum Gasteiger partial charge on any atom is -0.317 e. The smallest absolute Gasteiger partial charge is 0.126 e. The van der Waals surface area contributed by atoms with Crippen molar-refractivity contribution >= 4 is 0 Å². The van der Waals surface area contributed by atoms with Gasteiger partial charge >= 0.3 is 0 Å². The third kappa shape index (κ3) is 5.09. The molecule has 1 rings (SSSR count). The number of allylic oxidation sites excluding steroid dienone is 1. The lowest BCUT2D eigenvalue weighted by atomic mass is 10.0. The Morgan fingerprint density at radius 2 is 1.94 bits per heavy atom. The fourth-order valence-corrected chi connectivity index (χ4v) is 1.87. The molecule has 0 aromatic heterocycles. The standard InChI is InChI=1S/C14H19F2N/c1-3-4-5-6-14(17-2)9-11-7-12(15)10-13(16)8-11/h3,7-8,10,14,17H,1,4-6,9H2,2H3. The third-order valence-corrected chi connectivity index (χ3v) is 2.77. The van der Waals surface area contributed by atoms with Crippen LogP contribution in [0.3, 0.4) is 0 Å². The van der Waals surface area contributed by atoms with Crippen molar-refractivity contribution in [3.8, 4) is 0 Å². The summed E-state index contributed by atoms with van der Waals surface area (Å²) in [5.74, 6) is -1.03. The van der Waals surface area contributed by atoms with E-state index in [2.05, 4.69) is 11.9 Å². The average molecular weight is 239 g/mol. The number of hydrogen-bond acceptors (Lipinski definition) is 1. The zero-order chi connectivity index (χ0) is 12.7. The van der Waals surface area contributed by atoms with Crippen molar-refractivity contribution < 1.29 is 8.78 Å². The van der Waals surface area contributed by atoms with Gasteiger partial charge in [-0.15, -0.1) is 6.58 Å². The minimum atomic E-state index is -0.513. The van der Waals surface area contributed by atoms with Gasteiger partial charge in [-0.25, -0.2) is 8.78 Å². The first-order valence-electron chi connectivity index (χ1n) is 5.89. The molecule has 0 heterocycles. The Hall–Kier alpha value is -1.22. The highest BCUT2D eigenvalue weighted by Gasteiger charge is 2.08. The Labute approximate surface area is 102 Å². The maximum Gasteiger partial charge on any atom is 0.126 e. The SMILES string of the molecule is C=CCCCC(Cc1cc(F)cc(F)c1)NC. The second kappa shape index (κ2) is 7.17. The van der Waals surface area contributed by atoms with Crippen molar-refractivity contribution in [2.24, 2.45) is 0 Å². The molecule has 0 bridgehead atoms. The first-order chi connectivity index (χ1) is 8.15. The number of likely N-dealkylation sites (N-methyl/N-ethyl adjacent to an activating group) is 1. The molecule has 1 atom stereocenters. The molecular formula is C14H19F2N. The highest BCUT2D eigenvalue weighted by Crippen LogP contribution is 2.12. The molecule has 1 nitrogen and oxygen atoms in total. The van der Waals surface area contributed by atoms with E-state index in [4.69, 9.17) is 0 Å². The van der Waals surface area contributed by atoms with Gasteiger partial charge in [-0.05, 0) is 50.4 Å². The highest BCUT2D eigenvalue weighted by atomic mass is 19.1. The summed E-state index contributed by atoms with van der Waals surface area (Å²) in [4.78, 5) is 0. The zero-order valence-corrected chi connectivity index (χ0v) is 10.2. The molecule has 0 aliphatic rings. The summed E-state index contributed by atoms with van der Waals surface area (Å²) in [6, 6.07) is 3.92. The fraction of sp³-hybridized carbons (Fsp3) is 0.429. The molecule has 0 saturated heterocycles. The van der Waals surface area contributed by atoms with Crippen molar-refractivity contribution in [1.29, 1.82) is 0 Å². The Kier molecular flexibility index (Phi) is 5.84.